The summed E-state index contributed by atoms with van der Waals surface area (Å²) in [6.45, 7) is 2.81. The molecule has 6 nitrogen and oxygen atoms in total. The highest BCUT2D eigenvalue weighted by Gasteiger charge is 2.22. The molecule has 0 N–H and O–H groups in total. The molecule has 1 heterocycles. The van der Waals surface area contributed by atoms with Crippen molar-refractivity contribution in [3.8, 4) is 22.6 Å². The molecule has 0 atom stereocenters. The Hall–Kier alpha value is -4.75. The summed E-state index contributed by atoms with van der Waals surface area (Å²) in [5.41, 5.74) is 9.35. The molecule has 0 spiro atoms. The molecule has 0 saturated heterocycles. The number of benzene rings is 4. The van der Waals surface area contributed by atoms with Crippen molar-refractivity contribution >= 4 is 27.5 Å². The maximum atomic E-state index is 12.0. The first kappa shape index (κ1) is 33.2. The van der Waals surface area contributed by atoms with E-state index in [2.05, 4.69) is 28.1 Å². The van der Waals surface area contributed by atoms with Crippen LogP contribution in [-0.4, -0.2) is 16.1 Å². The van der Waals surface area contributed by atoms with Gasteiger partial charge in [0.05, 0.1) is 0 Å². The Morgan fingerprint density at radius 1 is 0.646 bits per heavy atom. The van der Waals surface area contributed by atoms with E-state index in [0.717, 1.165) is 67.8 Å². The van der Waals surface area contributed by atoms with E-state index in [9.17, 15) is 14.4 Å². The fourth-order valence-electron chi connectivity index (χ4n) is 6.27. The SMILES string of the molecule is Cc1cc(-c2cc3c(c(OCc4ccccc4)c2)CC(=O)CC3)cn(C)c1=O.O=C1CCc2cc(Br)cc(OCc3ccccc3)c2C1. The van der Waals surface area contributed by atoms with Crippen molar-refractivity contribution in [1.82, 2.24) is 4.57 Å². The van der Waals surface area contributed by atoms with Crippen LogP contribution in [0.4, 0.5) is 0 Å². The number of hydrogen-bond donors (Lipinski definition) is 0. The van der Waals surface area contributed by atoms with Gasteiger partial charge in [-0.05, 0) is 77.4 Å². The number of rotatable bonds is 7. The van der Waals surface area contributed by atoms with Gasteiger partial charge in [0, 0.05) is 60.1 Å². The zero-order valence-electron chi connectivity index (χ0n) is 27.3. The fraction of sp³-hybridized carbons (Fsp3) is 0.244. The lowest BCUT2D eigenvalue weighted by Crippen LogP contribution is -2.18. The van der Waals surface area contributed by atoms with E-state index in [-0.39, 0.29) is 11.3 Å². The molecule has 7 heteroatoms. The van der Waals surface area contributed by atoms with Crippen LogP contribution in [0, 0.1) is 6.92 Å². The molecule has 0 radical (unpaired) electrons. The predicted molar refractivity (Wildman–Crippen MR) is 192 cm³/mol. The van der Waals surface area contributed by atoms with Crippen molar-refractivity contribution < 1.29 is 19.1 Å². The Kier molecular flexibility index (Phi) is 10.4. The maximum absolute atomic E-state index is 12.0. The summed E-state index contributed by atoms with van der Waals surface area (Å²) in [4.78, 5) is 35.8. The van der Waals surface area contributed by atoms with Gasteiger partial charge in [-0.3, -0.25) is 14.4 Å². The molecule has 0 unspecified atom stereocenters. The minimum Gasteiger partial charge on any atom is -0.489 e. The molecule has 0 saturated carbocycles. The standard InChI is InChI=1S/C24H23NO3.C17H15BrO2/c1-16-10-20(14-25(2)24(16)27)19-11-18-8-9-21(26)13-22(18)23(12-19)28-15-17-6-4-3-5-7-17;18-14-8-13-6-7-15(19)10-16(13)17(9-14)20-11-12-4-2-1-3-5-12/h3-7,10-12,14H,8-9,13,15H2,1-2H3;1-5,8-9H,6-7,10-11H2. The van der Waals surface area contributed by atoms with Crippen LogP contribution in [0.2, 0.25) is 0 Å². The van der Waals surface area contributed by atoms with Gasteiger partial charge in [0.15, 0.2) is 0 Å². The largest absolute Gasteiger partial charge is 0.489 e. The van der Waals surface area contributed by atoms with Crippen LogP contribution in [0.1, 0.15) is 51.8 Å². The van der Waals surface area contributed by atoms with Gasteiger partial charge in [-0.1, -0.05) is 82.7 Å². The summed E-state index contributed by atoms with van der Waals surface area (Å²) in [6.07, 6.45) is 5.52. The van der Waals surface area contributed by atoms with Gasteiger partial charge in [-0.15, -0.1) is 0 Å². The zero-order chi connectivity index (χ0) is 33.6. The van der Waals surface area contributed by atoms with E-state index in [1.165, 1.54) is 5.56 Å². The number of carbonyl (C=O) groups excluding carboxylic acids is 2. The molecule has 0 fully saturated rings. The lowest BCUT2D eigenvalue weighted by Gasteiger charge is -2.21. The second-order valence-electron chi connectivity index (χ2n) is 12.5. The highest BCUT2D eigenvalue weighted by Crippen LogP contribution is 2.35. The normalized spacial score (nSPS) is 13.6. The molecule has 4 aromatic carbocycles. The molecular formula is C41H38BrNO5. The van der Waals surface area contributed by atoms with Gasteiger partial charge in [0.25, 0.3) is 5.56 Å². The fourth-order valence-corrected chi connectivity index (χ4v) is 6.75. The van der Waals surface area contributed by atoms with Crippen molar-refractivity contribution in [2.45, 2.75) is 58.7 Å². The summed E-state index contributed by atoms with van der Waals surface area (Å²) in [5.74, 6) is 2.13. The number of fused-ring (bicyclic) bond motifs is 2. The molecule has 2 aliphatic rings. The van der Waals surface area contributed by atoms with Gasteiger partial charge < -0.3 is 14.0 Å². The highest BCUT2D eigenvalue weighted by molar-refractivity contribution is 9.10. The predicted octanol–water partition coefficient (Wildman–Crippen LogP) is 8.08. The number of ether oxygens (including phenoxy) is 2. The van der Waals surface area contributed by atoms with Crippen molar-refractivity contribution in [2.24, 2.45) is 7.05 Å². The van der Waals surface area contributed by atoms with Gasteiger partial charge in [-0.2, -0.15) is 0 Å². The molecule has 1 aromatic heterocycles. The summed E-state index contributed by atoms with van der Waals surface area (Å²) in [6, 6.07) is 30.2. The van der Waals surface area contributed by atoms with E-state index >= 15 is 0 Å². The second kappa shape index (κ2) is 15.0. The number of carbonyl (C=O) groups is 2. The van der Waals surface area contributed by atoms with Crippen LogP contribution in [-0.2, 0) is 55.5 Å². The monoisotopic (exact) mass is 703 g/mol. The summed E-state index contributed by atoms with van der Waals surface area (Å²) in [5, 5.41) is 0. The average Bonchev–Trinajstić information content (AvgIpc) is 3.09. The third-order valence-corrected chi connectivity index (χ3v) is 9.29. The molecule has 0 bridgehead atoms. The van der Waals surface area contributed by atoms with Crippen molar-refractivity contribution in [3.63, 3.8) is 0 Å². The highest BCUT2D eigenvalue weighted by atomic mass is 79.9. The minimum absolute atomic E-state index is 0.00728. The molecule has 48 heavy (non-hydrogen) atoms. The van der Waals surface area contributed by atoms with E-state index < -0.39 is 0 Å². The number of halogens is 1. The Balaban J connectivity index is 0.000000177. The number of hydrogen-bond acceptors (Lipinski definition) is 5. The Morgan fingerprint density at radius 2 is 1.17 bits per heavy atom. The number of nitrogens with zero attached hydrogens (tertiary/aromatic N) is 1. The number of ketones is 2. The van der Waals surface area contributed by atoms with E-state index in [4.69, 9.17) is 9.47 Å². The van der Waals surface area contributed by atoms with Gasteiger partial charge in [0.2, 0.25) is 0 Å². The minimum atomic E-state index is 0.00728. The summed E-state index contributed by atoms with van der Waals surface area (Å²) in [7, 11) is 1.77. The molecular weight excluding hydrogens is 666 g/mol. The number of aryl methyl sites for hydroxylation is 4. The first-order valence-corrected chi connectivity index (χ1v) is 17.0. The van der Waals surface area contributed by atoms with Gasteiger partial charge >= 0.3 is 0 Å². The van der Waals surface area contributed by atoms with E-state index in [1.807, 2.05) is 92.0 Å². The van der Waals surface area contributed by atoms with Crippen molar-refractivity contribution in [1.29, 1.82) is 0 Å². The van der Waals surface area contributed by atoms with Crippen LogP contribution >= 0.6 is 15.9 Å². The lowest BCUT2D eigenvalue weighted by atomic mass is 9.87. The first-order valence-electron chi connectivity index (χ1n) is 16.2. The van der Waals surface area contributed by atoms with Gasteiger partial charge in [-0.25, -0.2) is 0 Å². The molecule has 5 aromatic rings. The smallest absolute Gasteiger partial charge is 0.253 e. The first-order chi connectivity index (χ1) is 23.2. The van der Waals surface area contributed by atoms with Crippen LogP contribution in [0.5, 0.6) is 11.5 Å². The number of Topliss-reactive ketones (excluding diaryl/α,β-unsaturated/α-hetero) is 2. The lowest BCUT2D eigenvalue weighted by molar-refractivity contribution is -0.119. The van der Waals surface area contributed by atoms with E-state index in [1.54, 1.807) is 11.6 Å². The third kappa shape index (κ3) is 8.03. The Morgan fingerprint density at radius 3 is 1.71 bits per heavy atom. The van der Waals surface area contributed by atoms with Crippen LogP contribution in [0.15, 0.2) is 106 Å². The van der Waals surface area contributed by atoms with Crippen molar-refractivity contribution in [2.75, 3.05) is 0 Å². The van der Waals surface area contributed by atoms with E-state index in [0.29, 0.717) is 50.2 Å². The van der Waals surface area contributed by atoms with Gasteiger partial charge in [0.1, 0.15) is 36.3 Å². The third-order valence-electron chi connectivity index (χ3n) is 8.83. The molecule has 7 rings (SSSR count). The molecule has 0 amide bonds. The average molecular weight is 705 g/mol. The molecule has 2 aliphatic carbocycles. The number of aromatic nitrogens is 1. The quantitative estimate of drug-likeness (QED) is 0.171. The van der Waals surface area contributed by atoms with Crippen LogP contribution in [0.3, 0.4) is 0 Å². The Labute approximate surface area is 289 Å². The summed E-state index contributed by atoms with van der Waals surface area (Å²) >= 11 is 3.52. The second-order valence-corrected chi connectivity index (χ2v) is 13.4. The van der Waals surface area contributed by atoms with Crippen LogP contribution in [0.25, 0.3) is 11.1 Å². The topological polar surface area (TPSA) is 74.6 Å². The molecule has 244 valence electrons. The van der Waals surface area contributed by atoms with Crippen molar-refractivity contribution in [3.05, 3.63) is 151 Å². The summed E-state index contributed by atoms with van der Waals surface area (Å²) < 4.78 is 14.7. The molecule has 0 aliphatic heterocycles. The zero-order valence-corrected chi connectivity index (χ0v) is 28.8. The Bertz CT molecular complexity index is 1990. The maximum Gasteiger partial charge on any atom is 0.253 e. The number of pyridine rings is 1. The van der Waals surface area contributed by atoms with Crippen LogP contribution < -0.4 is 15.0 Å².